The summed E-state index contributed by atoms with van der Waals surface area (Å²) in [6.07, 6.45) is -1.41. The number of alkyl halides is 3. The van der Waals surface area contributed by atoms with Crippen molar-refractivity contribution in [1.29, 1.82) is 0 Å². The van der Waals surface area contributed by atoms with Gasteiger partial charge >= 0.3 is 6.18 Å². The third-order valence-electron chi connectivity index (χ3n) is 2.77. The molecule has 2 atom stereocenters. The van der Waals surface area contributed by atoms with Gasteiger partial charge in [-0.15, -0.1) is 0 Å². The maximum absolute atomic E-state index is 11.8. The second-order valence-corrected chi connectivity index (χ2v) is 4.13. The van der Waals surface area contributed by atoms with Crippen molar-refractivity contribution in [2.24, 2.45) is 0 Å². The molecular weight excluding hydrogens is 207 g/mol. The van der Waals surface area contributed by atoms with E-state index in [1.54, 1.807) is 0 Å². The largest absolute Gasteiger partial charge is 0.392 e. The fourth-order valence-electron chi connectivity index (χ4n) is 1.93. The minimum Gasteiger partial charge on any atom is -0.392 e. The van der Waals surface area contributed by atoms with Crippen LogP contribution in [0.25, 0.3) is 0 Å². The summed E-state index contributed by atoms with van der Waals surface area (Å²) in [5, 5.41) is 12.5. The number of halogens is 3. The molecule has 2 N–H and O–H groups in total. The third kappa shape index (κ3) is 5.37. The van der Waals surface area contributed by atoms with Crippen molar-refractivity contribution >= 4 is 0 Å². The van der Waals surface area contributed by atoms with Crippen LogP contribution in [0.4, 0.5) is 13.2 Å². The lowest BCUT2D eigenvalue weighted by Crippen LogP contribution is -2.42. The molecule has 0 saturated heterocycles. The molecule has 0 aromatic carbocycles. The number of rotatable bonds is 4. The monoisotopic (exact) mass is 225 g/mol. The third-order valence-corrected chi connectivity index (χ3v) is 2.77. The zero-order valence-corrected chi connectivity index (χ0v) is 8.69. The van der Waals surface area contributed by atoms with E-state index in [1.165, 1.54) is 0 Å². The zero-order valence-electron chi connectivity index (χ0n) is 8.69. The number of hydrogen-bond acceptors (Lipinski definition) is 2. The van der Waals surface area contributed by atoms with E-state index in [2.05, 4.69) is 5.32 Å². The van der Waals surface area contributed by atoms with Crippen LogP contribution >= 0.6 is 0 Å². The van der Waals surface area contributed by atoms with Gasteiger partial charge in [-0.1, -0.05) is 12.8 Å². The van der Waals surface area contributed by atoms with E-state index in [-0.39, 0.29) is 18.6 Å². The highest BCUT2D eigenvalue weighted by Crippen LogP contribution is 2.21. The van der Waals surface area contributed by atoms with Crippen LogP contribution in [-0.4, -0.2) is 30.0 Å². The Morgan fingerprint density at radius 1 is 1.20 bits per heavy atom. The summed E-state index contributed by atoms with van der Waals surface area (Å²) in [5.41, 5.74) is 0. The van der Waals surface area contributed by atoms with Crippen LogP contribution in [0.5, 0.6) is 0 Å². The number of aliphatic hydroxyl groups excluding tert-OH is 1. The van der Waals surface area contributed by atoms with Gasteiger partial charge in [0.1, 0.15) is 0 Å². The number of aliphatic hydroxyl groups is 1. The summed E-state index contributed by atoms with van der Waals surface area (Å²) >= 11 is 0. The topological polar surface area (TPSA) is 32.3 Å². The molecule has 1 rings (SSSR count). The molecular formula is C10H18F3NO. The van der Waals surface area contributed by atoms with Gasteiger partial charge in [-0.25, -0.2) is 0 Å². The van der Waals surface area contributed by atoms with Gasteiger partial charge < -0.3 is 10.4 Å². The average Bonchev–Trinajstić information content (AvgIpc) is 2.13. The first kappa shape index (κ1) is 12.8. The molecule has 2 nitrogen and oxygen atoms in total. The van der Waals surface area contributed by atoms with Crippen molar-refractivity contribution in [3.8, 4) is 0 Å². The van der Waals surface area contributed by atoms with Gasteiger partial charge in [0.15, 0.2) is 0 Å². The molecule has 0 bridgehead atoms. The van der Waals surface area contributed by atoms with E-state index in [4.69, 9.17) is 0 Å². The highest BCUT2D eigenvalue weighted by molar-refractivity contribution is 4.80. The lowest BCUT2D eigenvalue weighted by atomic mass is 9.92. The first-order valence-corrected chi connectivity index (χ1v) is 5.47. The van der Waals surface area contributed by atoms with Crippen molar-refractivity contribution in [2.75, 3.05) is 6.54 Å². The van der Waals surface area contributed by atoms with Crippen molar-refractivity contribution < 1.29 is 18.3 Å². The molecule has 1 aliphatic carbocycles. The Kier molecular flexibility index (Phi) is 4.86. The maximum atomic E-state index is 11.8. The molecule has 5 heteroatoms. The van der Waals surface area contributed by atoms with Crippen molar-refractivity contribution in [1.82, 2.24) is 5.32 Å². The Morgan fingerprint density at radius 3 is 2.47 bits per heavy atom. The zero-order chi connectivity index (χ0) is 11.3. The van der Waals surface area contributed by atoms with Gasteiger partial charge in [0.2, 0.25) is 0 Å². The first-order valence-electron chi connectivity index (χ1n) is 5.47. The molecule has 0 aliphatic heterocycles. The van der Waals surface area contributed by atoms with Crippen LogP contribution < -0.4 is 5.32 Å². The molecule has 0 aromatic rings. The molecule has 1 saturated carbocycles. The van der Waals surface area contributed by atoms with Gasteiger partial charge in [0.05, 0.1) is 6.10 Å². The lowest BCUT2D eigenvalue weighted by molar-refractivity contribution is -0.135. The molecule has 15 heavy (non-hydrogen) atoms. The molecule has 0 radical (unpaired) electrons. The standard InChI is InChI=1S/C10H18F3NO/c11-10(12,13)6-3-7-14-8-4-1-2-5-9(8)15/h8-9,14-15H,1-7H2. The molecule has 0 spiro atoms. The SMILES string of the molecule is OC1CCCCC1NCCCC(F)(F)F. The molecule has 1 fully saturated rings. The minimum absolute atomic E-state index is 0.00742. The average molecular weight is 225 g/mol. The smallest absolute Gasteiger partial charge is 0.389 e. The Labute approximate surface area is 87.9 Å². The van der Waals surface area contributed by atoms with Crippen LogP contribution in [0.3, 0.4) is 0 Å². The van der Waals surface area contributed by atoms with E-state index >= 15 is 0 Å². The van der Waals surface area contributed by atoms with Gasteiger partial charge in [-0.2, -0.15) is 13.2 Å². The van der Waals surface area contributed by atoms with E-state index in [9.17, 15) is 18.3 Å². The Hall–Kier alpha value is -0.290. The molecule has 2 unspecified atom stereocenters. The Morgan fingerprint density at radius 2 is 1.87 bits per heavy atom. The summed E-state index contributed by atoms with van der Waals surface area (Å²) in [5.74, 6) is 0. The van der Waals surface area contributed by atoms with Crippen LogP contribution in [0.1, 0.15) is 38.5 Å². The second kappa shape index (κ2) is 5.70. The van der Waals surface area contributed by atoms with Crippen LogP contribution in [0.15, 0.2) is 0 Å². The molecule has 0 aromatic heterocycles. The highest BCUT2D eigenvalue weighted by Gasteiger charge is 2.27. The summed E-state index contributed by atoms with van der Waals surface area (Å²) in [7, 11) is 0. The fourth-order valence-corrected chi connectivity index (χ4v) is 1.93. The summed E-state index contributed by atoms with van der Waals surface area (Å²) < 4.78 is 35.5. The molecule has 1 aliphatic rings. The van der Waals surface area contributed by atoms with Crippen LogP contribution in [0.2, 0.25) is 0 Å². The van der Waals surface area contributed by atoms with E-state index in [1.807, 2.05) is 0 Å². The maximum Gasteiger partial charge on any atom is 0.389 e. The van der Waals surface area contributed by atoms with Gasteiger partial charge in [-0.3, -0.25) is 0 Å². The summed E-state index contributed by atoms with van der Waals surface area (Å²) in [6, 6.07) is -0.00742. The molecule has 90 valence electrons. The second-order valence-electron chi connectivity index (χ2n) is 4.13. The first-order chi connectivity index (χ1) is 6.99. The normalized spacial score (nSPS) is 28.0. The summed E-state index contributed by atoms with van der Waals surface area (Å²) in [4.78, 5) is 0. The predicted octanol–water partition coefficient (Wildman–Crippen LogP) is 2.22. The number of nitrogens with one attached hydrogen (secondary N) is 1. The van der Waals surface area contributed by atoms with E-state index < -0.39 is 12.6 Å². The number of hydrogen-bond donors (Lipinski definition) is 2. The van der Waals surface area contributed by atoms with Gasteiger partial charge in [0.25, 0.3) is 0 Å². The van der Waals surface area contributed by atoms with Gasteiger partial charge in [0, 0.05) is 12.5 Å². The van der Waals surface area contributed by atoms with Crippen LogP contribution in [0, 0.1) is 0 Å². The van der Waals surface area contributed by atoms with E-state index in [0.29, 0.717) is 6.54 Å². The molecule has 0 heterocycles. The predicted molar refractivity (Wildman–Crippen MR) is 51.6 cm³/mol. The minimum atomic E-state index is -4.06. The van der Waals surface area contributed by atoms with Crippen LogP contribution in [-0.2, 0) is 0 Å². The van der Waals surface area contributed by atoms with Crippen molar-refractivity contribution in [3.63, 3.8) is 0 Å². The van der Waals surface area contributed by atoms with Crippen molar-refractivity contribution in [2.45, 2.75) is 56.8 Å². The van der Waals surface area contributed by atoms with Crippen molar-refractivity contribution in [3.05, 3.63) is 0 Å². The van der Waals surface area contributed by atoms with Gasteiger partial charge in [-0.05, 0) is 25.8 Å². The Bertz CT molecular complexity index is 184. The Balaban J connectivity index is 2.08. The fraction of sp³-hybridized carbons (Fsp3) is 1.00. The van der Waals surface area contributed by atoms with E-state index in [0.717, 1.165) is 25.7 Å². The lowest BCUT2D eigenvalue weighted by Gasteiger charge is -2.28. The highest BCUT2D eigenvalue weighted by atomic mass is 19.4. The quantitative estimate of drug-likeness (QED) is 0.719. The summed E-state index contributed by atoms with van der Waals surface area (Å²) in [6.45, 7) is 0.335. The molecule has 0 amide bonds.